The Labute approximate surface area is 209 Å². The molecule has 0 spiro atoms. The van der Waals surface area contributed by atoms with E-state index in [1.807, 2.05) is 56.3 Å². The summed E-state index contributed by atoms with van der Waals surface area (Å²) in [5.41, 5.74) is 2.30. The highest BCUT2D eigenvalue weighted by atomic mass is 35.5. The summed E-state index contributed by atoms with van der Waals surface area (Å²) < 4.78 is 21.5. The third-order valence-corrected chi connectivity index (χ3v) is 6.69. The highest BCUT2D eigenvalue weighted by molar-refractivity contribution is 6.30. The Hall–Kier alpha value is -3.38. The predicted molar refractivity (Wildman–Crippen MR) is 138 cm³/mol. The van der Waals surface area contributed by atoms with E-state index in [1.54, 1.807) is 23.0 Å². The van der Waals surface area contributed by atoms with Crippen molar-refractivity contribution < 1.29 is 13.9 Å². The van der Waals surface area contributed by atoms with Crippen LogP contribution in [0.3, 0.4) is 0 Å². The number of hydrogen-bond acceptors (Lipinski definition) is 3. The van der Waals surface area contributed by atoms with Crippen molar-refractivity contribution >= 4 is 28.4 Å². The van der Waals surface area contributed by atoms with Crippen LogP contribution >= 0.6 is 11.6 Å². The topological polar surface area (TPSA) is 56.1 Å². The van der Waals surface area contributed by atoms with Crippen LogP contribution in [0, 0.1) is 11.2 Å². The van der Waals surface area contributed by atoms with Crippen LogP contribution in [0.4, 0.5) is 4.39 Å². The van der Waals surface area contributed by atoms with E-state index >= 15 is 0 Å². The summed E-state index contributed by atoms with van der Waals surface area (Å²) in [6.45, 7) is 3.94. The van der Waals surface area contributed by atoms with E-state index in [4.69, 9.17) is 16.3 Å². The zero-order valence-electron chi connectivity index (χ0n) is 19.0. The number of nitrogens with one attached hydrogen (secondary N) is 1. The fourth-order valence-corrected chi connectivity index (χ4v) is 4.13. The van der Waals surface area contributed by atoms with Gasteiger partial charge in [-0.05, 0) is 79.9 Å². The van der Waals surface area contributed by atoms with Crippen LogP contribution in [-0.2, 0) is 4.79 Å². The molecule has 0 aliphatic heterocycles. The SMILES string of the molecule is C.C[C@H](NC(=O)C1(C)CC1)[C@H](Oc1ccc2c(cnn2-c2ccc(F)cc2)c1)c1ccc(Cl)cc1. The number of ether oxygens (including phenoxy) is 1. The lowest BCUT2D eigenvalue weighted by Gasteiger charge is -2.27. The molecular formula is C28H29ClFN3O2. The molecule has 1 fully saturated rings. The third kappa shape index (κ3) is 5.17. The minimum absolute atomic E-state index is 0. The number of carbonyl (C=O) groups excluding carboxylic acids is 1. The molecule has 1 heterocycles. The van der Waals surface area contributed by atoms with Crippen molar-refractivity contribution in [2.24, 2.45) is 5.41 Å². The van der Waals surface area contributed by atoms with Gasteiger partial charge in [0.05, 0.1) is 23.4 Å². The zero-order valence-corrected chi connectivity index (χ0v) is 19.7. The first-order valence-corrected chi connectivity index (χ1v) is 11.7. The van der Waals surface area contributed by atoms with Crippen molar-refractivity contribution in [3.8, 4) is 11.4 Å². The van der Waals surface area contributed by atoms with E-state index in [0.29, 0.717) is 10.8 Å². The molecule has 5 rings (SSSR count). The average Bonchev–Trinajstić information content (AvgIpc) is 3.45. The minimum atomic E-state index is -0.409. The predicted octanol–water partition coefficient (Wildman–Crippen LogP) is 6.88. The first-order valence-electron chi connectivity index (χ1n) is 11.3. The molecule has 0 bridgehead atoms. The number of nitrogens with zero attached hydrogens (tertiary/aromatic N) is 2. The van der Waals surface area contributed by atoms with Gasteiger partial charge < -0.3 is 10.1 Å². The van der Waals surface area contributed by atoms with E-state index in [1.165, 1.54) is 12.1 Å². The molecular weight excluding hydrogens is 465 g/mol. The van der Waals surface area contributed by atoms with Gasteiger partial charge in [0.25, 0.3) is 0 Å². The second-order valence-corrected chi connectivity index (χ2v) is 9.60. The molecule has 35 heavy (non-hydrogen) atoms. The number of fused-ring (bicyclic) bond motifs is 1. The van der Waals surface area contributed by atoms with Crippen molar-refractivity contribution in [3.63, 3.8) is 0 Å². The molecule has 1 saturated carbocycles. The molecule has 4 aromatic rings. The number of hydrogen-bond donors (Lipinski definition) is 1. The maximum atomic E-state index is 13.3. The number of carbonyl (C=O) groups is 1. The van der Waals surface area contributed by atoms with Crippen LogP contribution in [0.5, 0.6) is 5.75 Å². The summed E-state index contributed by atoms with van der Waals surface area (Å²) >= 11 is 6.09. The number of rotatable bonds is 7. The molecule has 5 nitrogen and oxygen atoms in total. The lowest BCUT2D eigenvalue weighted by Crippen LogP contribution is -2.42. The molecule has 1 aliphatic rings. The van der Waals surface area contributed by atoms with Gasteiger partial charge >= 0.3 is 0 Å². The van der Waals surface area contributed by atoms with Gasteiger partial charge in [-0.25, -0.2) is 9.07 Å². The van der Waals surface area contributed by atoms with Crippen molar-refractivity contribution in [3.05, 3.63) is 89.3 Å². The summed E-state index contributed by atoms with van der Waals surface area (Å²) in [5.74, 6) is 0.421. The average molecular weight is 494 g/mol. The number of amides is 1. The molecule has 1 aromatic heterocycles. The van der Waals surface area contributed by atoms with E-state index in [2.05, 4.69) is 10.4 Å². The second kappa shape index (κ2) is 9.70. The zero-order chi connectivity index (χ0) is 23.9. The van der Waals surface area contributed by atoms with Gasteiger partial charge in [-0.2, -0.15) is 5.10 Å². The van der Waals surface area contributed by atoms with Gasteiger partial charge in [0.15, 0.2) is 0 Å². The Balaban J connectivity index is 0.00000289. The summed E-state index contributed by atoms with van der Waals surface area (Å²) in [6, 6.07) is 19.1. The Bertz CT molecular complexity index is 1330. The lowest BCUT2D eigenvalue weighted by atomic mass is 10.0. The minimum Gasteiger partial charge on any atom is -0.484 e. The quantitative estimate of drug-likeness (QED) is 0.305. The van der Waals surface area contributed by atoms with E-state index in [-0.39, 0.29) is 30.6 Å². The molecule has 3 aromatic carbocycles. The molecule has 0 radical (unpaired) electrons. The molecule has 0 saturated heterocycles. The Kier molecular flexibility index (Phi) is 6.86. The highest BCUT2D eigenvalue weighted by Crippen LogP contribution is 2.45. The normalized spacial score (nSPS) is 15.7. The number of aromatic nitrogens is 2. The third-order valence-electron chi connectivity index (χ3n) is 6.43. The fraction of sp³-hybridized carbons (Fsp3) is 0.286. The van der Waals surface area contributed by atoms with Crippen LogP contribution < -0.4 is 10.1 Å². The van der Waals surface area contributed by atoms with Crippen LogP contribution in [0.2, 0.25) is 5.02 Å². The summed E-state index contributed by atoms with van der Waals surface area (Å²) in [4.78, 5) is 12.7. The largest absolute Gasteiger partial charge is 0.484 e. The van der Waals surface area contributed by atoms with Gasteiger partial charge in [0, 0.05) is 15.8 Å². The Morgan fingerprint density at radius 3 is 2.46 bits per heavy atom. The van der Waals surface area contributed by atoms with E-state index in [9.17, 15) is 9.18 Å². The second-order valence-electron chi connectivity index (χ2n) is 9.17. The monoisotopic (exact) mass is 493 g/mol. The van der Waals surface area contributed by atoms with Crippen molar-refractivity contribution in [2.75, 3.05) is 0 Å². The number of benzene rings is 3. The lowest BCUT2D eigenvalue weighted by molar-refractivity contribution is -0.127. The van der Waals surface area contributed by atoms with Gasteiger partial charge in [-0.3, -0.25) is 4.79 Å². The molecule has 182 valence electrons. The molecule has 1 amide bonds. The van der Waals surface area contributed by atoms with E-state index < -0.39 is 6.10 Å². The summed E-state index contributed by atoms with van der Waals surface area (Å²) in [6.07, 6.45) is 3.16. The van der Waals surface area contributed by atoms with Crippen molar-refractivity contribution in [1.29, 1.82) is 0 Å². The summed E-state index contributed by atoms with van der Waals surface area (Å²) in [7, 11) is 0. The number of halogens is 2. The Morgan fingerprint density at radius 1 is 1.11 bits per heavy atom. The van der Waals surface area contributed by atoms with E-state index in [0.717, 1.165) is 35.0 Å². The van der Waals surface area contributed by atoms with Gasteiger partial charge in [-0.1, -0.05) is 38.1 Å². The van der Waals surface area contributed by atoms with Gasteiger partial charge in [-0.15, -0.1) is 0 Å². The van der Waals surface area contributed by atoms with Gasteiger partial charge in [0.2, 0.25) is 5.91 Å². The smallest absolute Gasteiger partial charge is 0.226 e. The molecule has 2 atom stereocenters. The fourth-order valence-electron chi connectivity index (χ4n) is 4.00. The molecule has 0 unspecified atom stereocenters. The maximum Gasteiger partial charge on any atom is 0.226 e. The van der Waals surface area contributed by atoms with Crippen molar-refractivity contribution in [2.45, 2.75) is 46.3 Å². The van der Waals surface area contributed by atoms with Crippen molar-refractivity contribution in [1.82, 2.24) is 15.1 Å². The molecule has 1 aliphatic carbocycles. The Morgan fingerprint density at radius 2 is 1.80 bits per heavy atom. The molecule has 7 heteroatoms. The summed E-state index contributed by atoms with van der Waals surface area (Å²) in [5, 5.41) is 9.12. The van der Waals surface area contributed by atoms with Crippen LogP contribution in [0.25, 0.3) is 16.6 Å². The molecule has 1 N–H and O–H groups in total. The first-order chi connectivity index (χ1) is 16.3. The highest BCUT2D eigenvalue weighted by Gasteiger charge is 2.45. The maximum absolute atomic E-state index is 13.3. The van der Waals surface area contributed by atoms with Crippen LogP contribution in [0.15, 0.2) is 72.9 Å². The van der Waals surface area contributed by atoms with Gasteiger partial charge in [0.1, 0.15) is 17.7 Å². The van der Waals surface area contributed by atoms with Crippen LogP contribution in [-0.4, -0.2) is 21.7 Å². The van der Waals surface area contributed by atoms with Crippen LogP contribution in [0.1, 0.15) is 45.8 Å². The first kappa shape index (κ1) is 24.7. The standard InChI is InChI=1S/C27H25ClFN3O2.CH4/c1-17(31-26(33)27(2)13-14-27)25(18-3-5-20(28)6-4-18)34-23-11-12-24-19(15-23)16-30-32(24)22-9-7-21(29)8-10-22;/h3-12,15-17,25H,13-14H2,1-2H3,(H,31,33);1H4/t17-,25-;/m0./s1.